The lowest BCUT2D eigenvalue weighted by Gasteiger charge is -2.08. The fourth-order valence-electron chi connectivity index (χ4n) is 2.27. The summed E-state index contributed by atoms with van der Waals surface area (Å²) in [6, 6.07) is 21.6. The largest absolute Gasteiger partial charge is 0.489 e. The molecule has 0 N–H and O–H groups in total. The first kappa shape index (κ1) is 17.2. The number of ether oxygens (including phenoxy) is 2. The van der Waals surface area contributed by atoms with Crippen molar-refractivity contribution in [3.8, 4) is 11.5 Å². The van der Waals surface area contributed by atoms with Crippen LogP contribution in [0.15, 0.2) is 78.9 Å². The molecule has 0 aliphatic rings. The van der Waals surface area contributed by atoms with E-state index in [1.165, 1.54) is 24.3 Å². The first-order valence-corrected chi connectivity index (χ1v) is 7.85. The fourth-order valence-corrected chi connectivity index (χ4v) is 2.27. The molecule has 0 radical (unpaired) electrons. The number of para-hydroxylation sites is 1. The van der Waals surface area contributed by atoms with Crippen molar-refractivity contribution in [2.75, 3.05) is 0 Å². The van der Waals surface area contributed by atoms with Crippen LogP contribution in [0.1, 0.15) is 15.9 Å². The zero-order valence-corrected chi connectivity index (χ0v) is 13.7. The van der Waals surface area contributed by atoms with Crippen molar-refractivity contribution in [1.29, 1.82) is 0 Å². The van der Waals surface area contributed by atoms with E-state index in [4.69, 9.17) is 9.47 Å². The monoisotopic (exact) mass is 349 g/mol. The molecule has 130 valence electrons. The molecule has 0 fully saturated rings. The number of hydrogen-bond donors (Lipinski definition) is 0. The Kier molecular flexibility index (Phi) is 5.24. The standard InChI is InChI=1S/C20H15NO5/c22-20(26-19-7-2-1-3-8-19)16-6-4-5-15(13-16)14-25-18-11-9-17(10-12-18)21(23)24/h1-13H,14H2. The maximum Gasteiger partial charge on any atom is 0.343 e. The van der Waals surface area contributed by atoms with E-state index in [0.717, 1.165) is 5.56 Å². The molecule has 0 bridgehead atoms. The molecule has 3 aromatic rings. The number of nitro groups is 1. The van der Waals surface area contributed by atoms with E-state index in [0.29, 0.717) is 17.1 Å². The van der Waals surface area contributed by atoms with Crippen molar-refractivity contribution >= 4 is 11.7 Å². The van der Waals surface area contributed by atoms with Gasteiger partial charge in [-0.25, -0.2) is 4.79 Å². The molecule has 0 atom stereocenters. The fraction of sp³-hybridized carbons (Fsp3) is 0.0500. The molecule has 26 heavy (non-hydrogen) atoms. The molecule has 3 aromatic carbocycles. The summed E-state index contributed by atoms with van der Waals surface area (Å²) >= 11 is 0. The summed E-state index contributed by atoms with van der Waals surface area (Å²) in [6.45, 7) is 0.226. The minimum atomic E-state index is -0.467. The molecule has 0 aliphatic carbocycles. The Morgan fingerprint density at radius 1 is 0.885 bits per heavy atom. The van der Waals surface area contributed by atoms with Crippen LogP contribution in [0.5, 0.6) is 11.5 Å². The molecule has 0 saturated carbocycles. The topological polar surface area (TPSA) is 78.7 Å². The summed E-state index contributed by atoms with van der Waals surface area (Å²) in [6.07, 6.45) is 0. The summed E-state index contributed by atoms with van der Waals surface area (Å²) in [4.78, 5) is 22.4. The highest BCUT2D eigenvalue weighted by Gasteiger charge is 2.10. The maximum absolute atomic E-state index is 12.2. The predicted molar refractivity (Wildman–Crippen MR) is 95.3 cm³/mol. The number of benzene rings is 3. The zero-order valence-electron chi connectivity index (χ0n) is 13.7. The van der Waals surface area contributed by atoms with Gasteiger partial charge in [-0.1, -0.05) is 30.3 Å². The van der Waals surface area contributed by atoms with E-state index in [9.17, 15) is 14.9 Å². The highest BCUT2D eigenvalue weighted by Crippen LogP contribution is 2.19. The van der Waals surface area contributed by atoms with Crippen molar-refractivity contribution in [2.45, 2.75) is 6.61 Å². The molecule has 0 unspecified atom stereocenters. The molecule has 0 saturated heterocycles. The van der Waals surface area contributed by atoms with Gasteiger partial charge in [0, 0.05) is 12.1 Å². The Morgan fingerprint density at radius 3 is 2.31 bits per heavy atom. The van der Waals surface area contributed by atoms with Crippen LogP contribution < -0.4 is 9.47 Å². The molecule has 0 spiro atoms. The second-order valence-electron chi connectivity index (χ2n) is 5.44. The van der Waals surface area contributed by atoms with Crippen LogP contribution in [0.4, 0.5) is 5.69 Å². The van der Waals surface area contributed by atoms with Crippen molar-refractivity contribution in [3.63, 3.8) is 0 Å². The Balaban J connectivity index is 1.63. The summed E-state index contributed by atoms with van der Waals surface area (Å²) in [5, 5.41) is 10.6. The van der Waals surface area contributed by atoms with Crippen LogP contribution in [0.2, 0.25) is 0 Å². The van der Waals surface area contributed by atoms with Gasteiger partial charge in [-0.15, -0.1) is 0 Å². The lowest BCUT2D eigenvalue weighted by molar-refractivity contribution is -0.384. The van der Waals surface area contributed by atoms with Crippen LogP contribution in [0.3, 0.4) is 0 Å². The Hall–Kier alpha value is -3.67. The first-order chi connectivity index (χ1) is 12.6. The number of carbonyl (C=O) groups is 1. The van der Waals surface area contributed by atoms with Gasteiger partial charge in [-0.3, -0.25) is 10.1 Å². The van der Waals surface area contributed by atoms with Crippen LogP contribution >= 0.6 is 0 Å². The summed E-state index contributed by atoms with van der Waals surface area (Å²) in [7, 11) is 0. The van der Waals surface area contributed by atoms with Gasteiger partial charge in [0.2, 0.25) is 0 Å². The number of hydrogen-bond acceptors (Lipinski definition) is 5. The molecule has 0 heterocycles. The highest BCUT2D eigenvalue weighted by atomic mass is 16.6. The minimum Gasteiger partial charge on any atom is -0.489 e. The molecule has 0 aromatic heterocycles. The molecule has 0 aliphatic heterocycles. The second kappa shape index (κ2) is 7.94. The predicted octanol–water partition coefficient (Wildman–Crippen LogP) is 4.39. The smallest absolute Gasteiger partial charge is 0.343 e. The van der Waals surface area contributed by atoms with Gasteiger partial charge < -0.3 is 9.47 Å². The number of non-ortho nitro benzene ring substituents is 1. The lowest BCUT2D eigenvalue weighted by Crippen LogP contribution is -2.09. The van der Waals surface area contributed by atoms with Crippen molar-refractivity contribution in [2.24, 2.45) is 0 Å². The number of nitrogens with zero attached hydrogens (tertiary/aromatic N) is 1. The van der Waals surface area contributed by atoms with Gasteiger partial charge >= 0.3 is 5.97 Å². The van der Waals surface area contributed by atoms with Crippen LogP contribution in [-0.2, 0) is 6.61 Å². The van der Waals surface area contributed by atoms with E-state index in [1.807, 2.05) is 12.1 Å². The van der Waals surface area contributed by atoms with Gasteiger partial charge in [0.1, 0.15) is 18.1 Å². The first-order valence-electron chi connectivity index (χ1n) is 7.85. The Morgan fingerprint density at radius 2 is 1.62 bits per heavy atom. The number of rotatable bonds is 6. The zero-order chi connectivity index (χ0) is 18.4. The van der Waals surface area contributed by atoms with E-state index in [2.05, 4.69) is 0 Å². The van der Waals surface area contributed by atoms with Crippen molar-refractivity contribution in [3.05, 3.63) is 100 Å². The average molecular weight is 349 g/mol. The van der Waals surface area contributed by atoms with Gasteiger partial charge in [0.15, 0.2) is 0 Å². The minimum absolute atomic E-state index is 0.00278. The summed E-state index contributed by atoms with van der Waals surface area (Å²) < 4.78 is 10.9. The molecule has 6 nitrogen and oxygen atoms in total. The van der Waals surface area contributed by atoms with Crippen molar-refractivity contribution in [1.82, 2.24) is 0 Å². The third-order valence-corrected chi connectivity index (χ3v) is 3.57. The molecular weight excluding hydrogens is 334 g/mol. The number of carbonyl (C=O) groups excluding carboxylic acids is 1. The van der Waals surface area contributed by atoms with Crippen LogP contribution in [0.25, 0.3) is 0 Å². The quantitative estimate of drug-likeness (QED) is 0.285. The third kappa shape index (κ3) is 4.45. The number of esters is 1. The lowest BCUT2D eigenvalue weighted by atomic mass is 10.1. The van der Waals surface area contributed by atoms with E-state index >= 15 is 0 Å². The van der Waals surface area contributed by atoms with E-state index < -0.39 is 10.9 Å². The third-order valence-electron chi connectivity index (χ3n) is 3.57. The molecule has 0 amide bonds. The van der Waals surface area contributed by atoms with E-state index in [1.54, 1.807) is 42.5 Å². The normalized spacial score (nSPS) is 10.2. The van der Waals surface area contributed by atoms with Gasteiger partial charge in [0.05, 0.1) is 10.5 Å². The maximum atomic E-state index is 12.2. The van der Waals surface area contributed by atoms with Gasteiger partial charge in [-0.05, 0) is 42.0 Å². The molecule has 6 heteroatoms. The van der Waals surface area contributed by atoms with Crippen LogP contribution in [-0.4, -0.2) is 10.9 Å². The van der Waals surface area contributed by atoms with E-state index in [-0.39, 0.29) is 12.3 Å². The van der Waals surface area contributed by atoms with Crippen molar-refractivity contribution < 1.29 is 19.2 Å². The molecule has 3 rings (SSSR count). The molecular formula is C20H15NO5. The second-order valence-corrected chi connectivity index (χ2v) is 5.44. The van der Waals surface area contributed by atoms with Crippen LogP contribution in [0, 0.1) is 10.1 Å². The summed E-state index contributed by atoms with van der Waals surface area (Å²) in [5.41, 5.74) is 1.20. The highest BCUT2D eigenvalue weighted by molar-refractivity contribution is 5.91. The Bertz CT molecular complexity index is 907. The van der Waals surface area contributed by atoms with Gasteiger partial charge in [0.25, 0.3) is 5.69 Å². The Labute approximate surface area is 149 Å². The summed E-state index contributed by atoms with van der Waals surface area (Å²) in [5.74, 6) is 0.534. The van der Waals surface area contributed by atoms with Gasteiger partial charge in [-0.2, -0.15) is 0 Å². The SMILES string of the molecule is O=C(Oc1ccccc1)c1cccc(COc2ccc([N+](=O)[O-])cc2)c1. The average Bonchev–Trinajstić information content (AvgIpc) is 2.67. The number of nitro benzene ring substituents is 1.